The summed E-state index contributed by atoms with van der Waals surface area (Å²) in [6.45, 7) is 3.16. The van der Waals surface area contributed by atoms with Crippen molar-refractivity contribution in [2.45, 2.75) is 38.3 Å². The first-order chi connectivity index (χ1) is 8.76. The summed E-state index contributed by atoms with van der Waals surface area (Å²) in [5.74, 6) is 0.294. The van der Waals surface area contributed by atoms with Gasteiger partial charge in [-0.15, -0.1) is 0 Å². The molecule has 0 radical (unpaired) electrons. The largest absolute Gasteiger partial charge is 0.409 e. The topological polar surface area (TPSA) is 61.8 Å². The Bertz CT molecular complexity index is 401. The van der Waals surface area contributed by atoms with Gasteiger partial charge in [-0.1, -0.05) is 42.4 Å². The van der Waals surface area contributed by atoms with Crippen molar-refractivity contribution in [3.05, 3.63) is 35.9 Å². The summed E-state index contributed by atoms with van der Waals surface area (Å²) in [7, 11) is 0. The second kappa shape index (κ2) is 5.87. The van der Waals surface area contributed by atoms with Crippen LogP contribution in [0.25, 0.3) is 0 Å². The van der Waals surface area contributed by atoms with E-state index in [4.69, 9.17) is 10.9 Å². The lowest BCUT2D eigenvalue weighted by molar-refractivity contribution is 0.200. The molecule has 1 aromatic rings. The summed E-state index contributed by atoms with van der Waals surface area (Å²) in [6.07, 6.45) is 3.09. The molecule has 0 saturated heterocycles. The molecule has 4 nitrogen and oxygen atoms in total. The maximum Gasteiger partial charge on any atom is 0.141 e. The monoisotopic (exact) mass is 247 g/mol. The van der Waals surface area contributed by atoms with Gasteiger partial charge in [0.15, 0.2) is 0 Å². The van der Waals surface area contributed by atoms with Gasteiger partial charge in [0.05, 0.1) is 0 Å². The molecule has 1 unspecified atom stereocenters. The smallest absolute Gasteiger partial charge is 0.141 e. The molecule has 1 aromatic carbocycles. The Balaban J connectivity index is 2.21. The number of nitrogens with two attached hydrogens (primary N) is 1. The molecule has 0 amide bonds. The zero-order valence-electron chi connectivity index (χ0n) is 10.8. The van der Waals surface area contributed by atoms with Gasteiger partial charge in [-0.3, -0.25) is 4.90 Å². The summed E-state index contributed by atoms with van der Waals surface area (Å²) >= 11 is 0. The minimum atomic E-state index is 0.208. The molecule has 0 heterocycles. The quantitative estimate of drug-likeness (QED) is 0.351. The van der Waals surface area contributed by atoms with Crippen LogP contribution in [0, 0.1) is 0 Å². The van der Waals surface area contributed by atoms with Crippen LogP contribution >= 0.6 is 0 Å². The molecule has 1 aliphatic rings. The van der Waals surface area contributed by atoms with Crippen LogP contribution in [0.4, 0.5) is 0 Å². The highest BCUT2D eigenvalue weighted by Crippen LogP contribution is 2.35. The number of hydrogen-bond acceptors (Lipinski definition) is 3. The fraction of sp³-hybridized carbons (Fsp3) is 0.500. The van der Waals surface area contributed by atoms with E-state index >= 15 is 0 Å². The van der Waals surface area contributed by atoms with Crippen LogP contribution in [-0.4, -0.2) is 28.5 Å². The van der Waals surface area contributed by atoms with E-state index < -0.39 is 0 Å². The standard InChI is InChI=1S/C14H21N3O/c1-2-17(12-8-9-12)13(10-14(15)16-18)11-6-4-3-5-7-11/h3-7,12-13,18H,2,8-10H2,1H3,(H2,15,16). The van der Waals surface area contributed by atoms with Gasteiger partial charge >= 0.3 is 0 Å². The maximum absolute atomic E-state index is 8.78. The van der Waals surface area contributed by atoms with E-state index in [-0.39, 0.29) is 6.04 Å². The molecule has 0 spiro atoms. The van der Waals surface area contributed by atoms with Crippen molar-refractivity contribution in [2.75, 3.05) is 6.54 Å². The SMILES string of the molecule is CCN(C1CC1)C(CC(N)=NO)c1ccccc1. The Morgan fingerprint density at radius 3 is 2.61 bits per heavy atom. The van der Waals surface area contributed by atoms with Crippen molar-refractivity contribution in [1.29, 1.82) is 0 Å². The van der Waals surface area contributed by atoms with E-state index in [1.807, 2.05) is 18.2 Å². The van der Waals surface area contributed by atoms with Gasteiger partial charge in [0.1, 0.15) is 5.84 Å². The number of benzene rings is 1. The third-order valence-electron chi connectivity index (χ3n) is 3.50. The number of nitrogens with zero attached hydrogens (tertiary/aromatic N) is 2. The van der Waals surface area contributed by atoms with E-state index in [0.29, 0.717) is 18.3 Å². The van der Waals surface area contributed by atoms with Crippen molar-refractivity contribution in [1.82, 2.24) is 4.90 Å². The molecule has 2 rings (SSSR count). The molecule has 1 atom stereocenters. The van der Waals surface area contributed by atoms with Crippen molar-refractivity contribution in [3.63, 3.8) is 0 Å². The lowest BCUT2D eigenvalue weighted by atomic mass is 10.0. The maximum atomic E-state index is 8.78. The zero-order chi connectivity index (χ0) is 13.0. The highest BCUT2D eigenvalue weighted by atomic mass is 16.4. The molecule has 0 aliphatic heterocycles. The number of rotatable bonds is 6. The van der Waals surface area contributed by atoms with Crippen LogP contribution in [0.1, 0.15) is 37.8 Å². The van der Waals surface area contributed by atoms with E-state index in [0.717, 1.165) is 6.54 Å². The van der Waals surface area contributed by atoms with Crippen LogP contribution in [0.15, 0.2) is 35.5 Å². The first-order valence-electron chi connectivity index (χ1n) is 6.53. The van der Waals surface area contributed by atoms with Crippen LogP contribution in [0.2, 0.25) is 0 Å². The summed E-state index contributed by atoms with van der Waals surface area (Å²) in [5, 5.41) is 11.9. The van der Waals surface area contributed by atoms with Crippen LogP contribution < -0.4 is 5.73 Å². The lowest BCUT2D eigenvalue weighted by Gasteiger charge is -2.31. The third-order valence-corrected chi connectivity index (χ3v) is 3.50. The second-order valence-electron chi connectivity index (χ2n) is 4.78. The van der Waals surface area contributed by atoms with Gasteiger partial charge < -0.3 is 10.9 Å². The average molecular weight is 247 g/mol. The van der Waals surface area contributed by atoms with Crippen molar-refractivity contribution >= 4 is 5.84 Å². The van der Waals surface area contributed by atoms with E-state index in [9.17, 15) is 0 Å². The Morgan fingerprint density at radius 1 is 1.44 bits per heavy atom. The Kier molecular flexibility index (Phi) is 4.20. The number of hydrogen-bond donors (Lipinski definition) is 2. The first kappa shape index (κ1) is 12.9. The molecule has 18 heavy (non-hydrogen) atoms. The molecule has 4 heteroatoms. The predicted molar refractivity (Wildman–Crippen MR) is 72.6 cm³/mol. The van der Waals surface area contributed by atoms with E-state index in [1.54, 1.807) is 0 Å². The van der Waals surface area contributed by atoms with Gasteiger partial charge in [-0.2, -0.15) is 0 Å². The molecule has 98 valence electrons. The fourth-order valence-electron chi connectivity index (χ4n) is 2.48. The summed E-state index contributed by atoms with van der Waals surface area (Å²) in [5.41, 5.74) is 6.93. The van der Waals surface area contributed by atoms with Crippen LogP contribution in [0.5, 0.6) is 0 Å². The highest BCUT2D eigenvalue weighted by Gasteiger charge is 2.33. The van der Waals surface area contributed by atoms with Crippen molar-refractivity contribution in [2.24, 2.45) is 10.9 Å². The summed E-state index contributed by atoms with van der Waals surface area (Å²) < 4.78 is 0. The zero-order valence-corrected chi connectivity index (χ0v) is 10.8. The summed E-state index contributed by atoms with van der Waals surface area (Å²) in [6, 6.07) is 11.2. The Morgan fingerprint density at radius 2 is 2.11 bits per heavy atom. The van der Waals surface area contributed by atoms with Gasteiger partial charge in [-0.25, -0.2) is 0 Å². The molecular weight excluding hydrogens is 226 g/mol. The van der Waals surface area contributed by atoms with Gasteiger partial charge in [0.2, 0.25) is 0 Å². The lowest BCUT2D eigenvalue weighted by Crippen LogP contribution is -2.33. The normalized spacial score (nSPS) is 18.0. The van der Waals surface area contributed by atoms with Crippen molar-refractivity contribution in [3.8, 4) is 0 Å². The number of amidine groups is 1. The van der Waals surface area contributed by atoms with Gasteiger partial charge in [0.25, 0.3) is 0 Å². The molecule has 3 N–H and O–H groups in total. The molecule has 0 bridgehead atoms. The van der Waals surface area contributed by atoms with E-state index in [2.05, 4.69) is 29.1 Å². The Labute approximate surface area is 108 Å². The summed E-state index contributed by atoms with van der Waals surface area (Å²) in [4.78, 5) is 2.45. The predicted octanol–water partition coefficient (Wildman–Crippen LogP) is 2.35. The minimum Gasteiger partial charge on any atom is -0.409 e. The van der Waals surface area contributed by atoms with Gasteiger partial charge in [0, 0.05) is 18.5 Å². The second-order valence-corrected chi connectivity index (χ2v) is 4.78. The van der Waals surface area contributed by atoms with Crippen LogP contribution in [-0.2, 0) is 0 Å². The molecule has 1 saturated carbocycles. The molecular formula is C14H21N3O. The first-order valence-corrected chi connectivity index (χ1v) is 6.53. The average Bonchev–Trinajstić information content (AvgIpc) is 3.24. The number of oxime groups is 1. The fourth-order valence-corrected chi connectivity index (χ4v) is 2.48. The van der Waals surface area contributed by atoms with Gasteiger partial charge in [-0.05, 0) is 24.9 Å². The van der Waals surface area contributed by atoms with E-state index in [1.165, 1.54) is 18.4 Å². The third kappa shape index (κ3) is 3.01. The van der Waals surface area contributed by atoms with Crippen molar-refractivity contribution < 1.29 is 5.21 Å². The highest BCUT2D eigenvalue weighted by molar-refractivity contribution is 5.80. The minimum absolute atomic E-state index is 0.208. The Hall–Kier alpha value is -1.55. The molecule has 1 aliphatic carbocycles. The van der Waals surface area contributed by atoms with Crippen LogP contribution in [0.3, 0.4) is 0 Å². The molecule has 0 aromatic heterocycles. The molecule has 1 fully saturated rings.